The van der Waals surface area contributed by atoms with Crippen molar-refractivity contribution in [3.63, 3.8) is 0 Å². The Balaban J connectivity index is 1.27. The average Bonchev–Trinajstić information content (AvgIpc) is 2.89. The molecule has 5 rings (SSSR count). The first-order chi connectivity index (χ1) is 17.1. The van der Waals surface area contributed by atoms with E-state index < -0.39 is 0 Å². The van der Waals surface area contributed by atoms with Crippen LogP contribution < -0.4 is 15.0 Å². The van der Waals surface area contributed by atoms with Crippen LogP contribution in [0.15, 0.2) is 30.6 Å². The van der Waals surface area contributed by atoms with E-state index in [1.54, 1.807) is 19.3 Å². The van der Waals surface area contributed by atoms with Gasteiger partial charge in [-0.1, -0.05) is 0 Å². The van der Waals surface area contributed by atoms with Crippen molar-refractivity contribution in [3.05, 3.63) is 47.9 Å². The number of hydrogen-bond donors (Lipinski definition) is 1. The molecule has 1 saturated carbocycles. The Labute approximate surface area is 205 Å². The molecule has 0 atom stereocenters. The number of aryl methyl sites for hydroxylation is 1. The molecule has 2 aliphatic rings. The average molecular weight is 477 g/mol. The lowest BCUT2D eigenvalue weighted by Gasteiger charge is -2.31. The smallest absolute Gasteiger partial charge is 0.269 e. The quantitative estimate of drug-likeness (QED) is 0.579. The summed E-state index contributed by atoms with van der Waals surface area (Å²) in [5.41, 5.74) is 2.45. The maximum Gasteiger partial charge on any atom is 0.269 e. The Kier molecular flexibility index (Phi) is 7.03. The summed E-state index contributed by atoms with van der Waals surface area (Å²) in [7, 11) is 1.61. The molecule has 1 saturated heterocycles. The van der Waals surface area contributed by atoms with E-state index >= 15 is 0 Å². The lowest BCUT2D eigenvalue weighted by Crippen LogP contribution is -2.36. The number of benzene rings is 1. The van der Waals surface area contributed by atoms with Crippen molar-refractivity contribution in [2.75, 3.05) is 38.3 Å². The number of nitrogens with zero attached hydrogens (tertiary/aromatic N) is 5. The minimum Gasteiger partial charge on any atom is -0.490 e. The second-order valence-electron chi connectivity index (χ2n) is 9.30. The predicted molar refractivity (Wildman–Crippen MR) is 133 cm³/mol. The van der Waals surface area contributed by atoms with Crippen LogP contribution in [0.25, 0.3) is 10.9 Å². The summed E-state index contributed by atoms with van der Waals surface area (Å²) in [6.45, 7) is 5.11. The van der Waals surface area contributed by atoms with Gasteiger partial charge in [0.1, 0.15) is 23.1 Å². The highest BCUT2D eigenvalue weighted by Crippen LogP contribution is 2.35. The van der Waals surface area contributed by atoms with E-state index in [0.29, 0.717) is 11.6 Å². The largest absolute Gasteiger partial charge is 0.490 e. The van der Waals surface area contributed by atoms with Crippen molar-refractivity contribution >= 4 is 22.5 Å². The van der Waals surface area contributed by atoms with Gasteiger partial charge in [0.05, 0.1) is 30.2 Å². The van der Waals surface area contributed by atoms with Crippen LogP contribution in [0.1, 0.15) is 47.8 Å². The summed E-state index contributed by atoms with van der Waals surface area (Å²) in [6.07, 6.45) is 8.47. The Morgan fingerprint density at radius 2 is 1.94 bits per heavy atom. The van der Waals surface area contributed by atoms with Crippen LogP contribution in [0, 0.1) is 12.8 Å². The number of rotatable bonds is 6. The van der Waals surface area contributed by atoms with E-state index in [9.17, 15) is 4.79 Å². The molecule has 0 unspecified atom stereocenters. The Hall–Kier alpha value is -3.33. The fourth-order valence-corrected chi connectivity index (χ4v) is 4.93. The Morgan fingerprint density at radius 3 is 2.71 bits per heavy atom. The zero-order chi connectivity index (χ0) is 24.2. The summed E-state index contributed by atoms with van der Waals surface area (Å²) < 4.78 is 12.1. The highest BCUT2D eigenvalue weighted by atomic mass is 16.5. The lowest BCUT2D eigenvalue weighted by molar-refractivity contribution is 0.0957. The lowest BCUT2D eigenvalue weighted by atomic mass is 9.85. The first-order valence-corrected chi connectivity index (χ1v) is 12.4. The van der Waals surface area contributed by atoms with Crippen LogP contribution >= 0.6 is 0 Å². The van der Waals surface area contributed by atoms with Gasteiger partial charge in [-0.2, -0.15) is 0 Å². The normalized spacial score (nSPS) is 20.6. The third-order valence-electron chi connectivity index (χ3n) is 6.87. The fourth-order valence-electron chi connectivity index (χ4n) is 4.93. The number of carbonyl (C=O) groups is 1. The summed E-state index contributed by atoms with van der Waals surface area (Å²) in [5, 5.41) is 3.57. The summed E-state index contributed by atoms with van der Waals surface area (Å²) in [6, 6.07) is 5.91. The van der Waals surface area contributed by atoms with Crippen LogP contribution in [0.2, 0.25) is 0 Å². The van der Waals surface area contributed by atoms with Gasteiger partial charge in [0.15, 0.2) is 0 Å². The molecule has 1 N–H and O–H groups in total. The van der Waals surface area contributed by atoms with Gasteiger partial charge in [-0.3, -0.25) is 4.79 Å². The number of morpholine rings is 1. The van der Waals surface area contributed by atoms with Crippen molar-refractivity contribution in [2.24, 2.45) is 5.92 Å². The SMILES string of the molecule is CNC(=O)c1ccnc(CC2CCC(Oc3cc(N4CCOCC4)cc4nc(C)ncc34)CC2)n1. The standard InChI is InChI=1S/C26H32N6O3/c1-17-29-16-21-23(30-17)14-19(32-9-11-34-12-10-32)15-24(21)35-20-5-3-18(4-6-20)13-25-28-8-7-22(31-25)26(33)27-2/h7-8,14-16,18,20H,3-6,9-13H2,1-2H3,(H,27,33). The number of ether oxygens (including phenoxy) is 2. The van der Waals surface area contributed by atoms with Crippen LogP contribution in [-0.2, 0) is 11.2 Å². The molecule has 1 amide bonds. The fraction of sp³-hybridized carbons (Fsp3) is 0.500. The second-order valence-corrected chi connectivity index (χ2v) is 9.30. The molecule has 9 nitrogen and oxygen atoms in total. The number of carbonyl (C=O) groups excluding carboxylic acids is 1. The third-order valence-corrected chi connectivity index (χ3v) is 6.87. The minimum absolute atomic E-state index is 0.147. The van der Waals surface area contributed by atoms with Crippen LogP contribution in [-0.4, -0.2) is 65.3 Å². The molecule has 0 spiro atoms. The van der Waals surface area contributed by atoms with Gasteiger partial charge in [0.25, 0.3) is 5.91 Å². The maximum atomic E-state index is 11.9. The predicted octanol–water partition coefficient (Wildman–Crippen LogP) is 3.10. The van der Waals surface area contributed by atoms with E-state index in [1.165, 1.54) is 0 Å². The maximum absolute atomic E-state index is 11.9. The number of nitrogens with one attached hydrogen (secondary N) is 1. The van der Waals surface area contributed by atoms with Gasteiger partial charge in [0, 0.05) is 50.7 Å². The van der Waals surface area contributed by atoms with Crippen molar-refractivity contribution in [3.8, 4) is 5.75 Å². The molecule has 3 aromatic rings. The number of aromatic nitrogens is 4. The molecule has 1 aliphatic heterocycles. The van der Waals surface area contributed by atoms with Crippen molar-refractivity contribution in [2.45, 2.75) is 45.1 Å². The summed E-state index contributed by atoms with van der Waals surface area (Å²) in [5.74, 6) is 2.64. The summed E-state index contributed by atoms with van der Waals surface area (Å²) >= 11 is 0. The molecular formula is C26H32N6O3. The van der Waals surface area contributed by atoms with Gasteiger partial charge < -0.3 is 19.7 Å². The summed E-state index contributed by atoms with van der Waals surface area (Å²) in [4.78, 5) is 32.1. The van der Waals surface area contributed by atoms with E-state index in [1.807, 2.05) is 13.1 Å². The zero-order valence-corrected chi connectivity index (χ0v) is 20.4. The van der Waals surface area contributed by atoms with Crippen LogP contribution in [0.4, 0.5) is 5.69 Å². The topological polar surface area (TPSA) is 102 Å². The first kappa shape index (κ1) is 23.4. The van der Waals surface area contributed by atoms with Crippen molar-refractivity contribution < 1.29 is 14.3 Å². The molecule has 3 heterocycles. The van der Waals surface area contributed by atoms with E-state index in [2.05, 4.69) is 42.3 Å². The third kappa shape index (κ3) is 5.51. The molecular weight excluding hydrogens is 444 g/mol. The molecule has 2 fully saturated rings. The molecule has 2 aromatic heterocycles. The molecule has 184 valence electrons. The van der Waals surface area contributed by atoms with E-state index in [-0.39, 0.29) is 12.0 Å². The number of amides is 1. The molecule has 0 radical (unpaired) electrons. The molecule has 9 heteroatoms. The Bertz CT molecular complexity index is 1190. The molecule has 1 aromatic carbocycles. The monoisotopic (exact) mass is 476 g/mol. The van der Waals surface area contributed by atoms with Crippen molar-refractivity contribution in [1.82, 2.24) is 25.3 Å². The van der Waals surface area contributed by atoms with Crippen molar-refractivity contribution in [1.29, 1.82) is 0 Å². The van der Waals surface area contributed by atoms with Gasteiger partial charge in [-0.05, 0) is 50.7 Å². The number of fused-ring (bicyclic) bond motifs is 1. The first-order valence-electron chi connectivity index (χ1n) is 12.4. The number of hydrogen-bond acceptors (Lipinski definition) is 8. The highest BCUT2D eigenvalue weighted by molar-refractivity contribution is 5.91. The van der Waals surface area contributed by atoms with Gasteiger partial charge in [-0.25, -0.2) is 19.9 Å². The second kappa shape index (κ2) is 10.5. The van der Waals surface area contributed by atoms with Gasteiger partial charge in [-0.15, -0.1) is 0 Å². The van der Waals surface area contributed by atoms with Crippen LogP contribution in [0.5, 0.6) is 5.75 Å². The molecule has 1 aliphatic carbocycles. The minimum atomic E-state index is -0.184. The van der Waals surface area contributed by atoms with E-state index in [0.717, 1.165) is 92.4 Å². The number of anilines is 1. The molecule has 35 heavy (non-hydrogen) atoms. The highest BCUT2D eigenvalue weighted by Gasteiger charge is 2.25. The zero-order valence-electron chi connectivity index (χ0n) is 20.4. The Morgan fingerprint density at radius 1 is 1.14 bits per heavy atom. The molecule has 0 bridgehead atoms. The van der Waals surface area contributed by atoms with E-state index in [4.69, 9.17) is 9.47 Å². The van der Waals surface area contributed by atoms with Crippen LogP contribution in [0.3, 0.4) is 0 Å². The van der Waals surface area contributed by atoms with Gasteiger partial charge in [0.2, 0.25) is 0 Å². The van der Waals surface area contributed by atoms with Gasteiger partial charge >= 0.3 is 0 Å².